The summed E-state index contributed by atoms with van der Waals surface area (Å²) >= 11 is 0. The van der Waals surface area contributed by atoms with Gasteiger partial charge in [0, 0.05) is 41.5 Å². The summed E-state index contributed by atoms with van der Waals surface area (Å²) in [5.74, 6) is -4.70. The summed E-state index contributed by atoms with van der Waals surface area (Å²) in [6.45, 7) is 5.83. The summed E-state index contributed by atoms with van der Waals surface area (Å²) in [5, 5.41) is 2.30. The highest BCUT2D eigenvalue weighted by Crippen LogP contribution is 2.34. The average molecular weight is 509 g/mol. The number of aromatic amines is 1. The van der Waals surface area contributed by atoms with E-state index in [4.69, 9.17) is 14.2 Å². The van der Waals surface area contributed by atoms with Crippen molar-refractivity contribution in [3.05, 3.63) is 10.4 Å². The average Bonchev–Trinajstić information content (AvgIpc) is 2.72. The van der Waals surface area contributed by atoms with Crippen molar-refractivity contribution >= 4 is 53.1 Å². The van der Waals surface area contributed by atoms with Crippen molar-refractivity contribution in [2.24, 2.45) is 0 Å². The van der Waals surface area contributed by atoms with E-state index in [0.717, 1.165) is 37.5 Å². The minimum atomic E-state index is -1.47. The summed E-state index contributed by atoms with van der Waals surface area (Å²) < 4.78 is 15.6. The number of aromatic nitrogens is 2. The van der Waals surface area contributed by atoms with Gasteiger partial charge in [0.1, 0.15) is 6.61 Å². The molecule has 2 N–H and O–H groups in total. The highest BCUT2D eigenvalue weighted by Gasteiger charge is 2.47. The molecule has 0 saturated carbocycles. The van der Waals surface area contributed by atoms with Gasteiger partial charge >= 0.3 is 17.9 Å². The SMILES string of the molecule is CC(=O)Nc1nc2c(c(=O)[nH]1)N(C(C)=O)[C@@H]([C@@H](OC(C)=O)[C@@H](COC(C)=O)OC(C)=O)CN2C(C)=O. The second-order valence-electron chi connectivity index (χ2n) is 7.88. The van der Waals surface area contributed by atoms with Gasteiger partial charge in [0.05, 0.1) is 12.6 Å². The molecule has 0 unspecified atom stereocenters. The number of ether oxygens (including phenoxy) is 3. The van der Waals surface area contributed by atoms with Gasteiger partial charge in [0.2, 0.25) is 23.7 Å². The quantitative estimate of drug-likeness (QED) is 0.346. The van der Waals surface area contributed by atoms with Crippen molar-refractivity contribution in [2.75, 3.05) is 28.3 Å². The molecule has 0 spiro atoms. The second kappa shape index (κ2) is 11.4. The molecule has 2 heterocycles. The van der Waals surface area contributed by atoms with Gasteiger partial charge in [-0.2, -0.15) is 4.98 Å². The normalized spacial score (nSPS) is 16.2. The van der Waals surface area contributed by atoms with Crippen LogP contribution < -0.4 is 20.7 Å². The van der Waals surface area contributed by atoms with Crippen molar-refractivity contribution in [2.45, 2.75) is 59.8 Å². The first kappa shape index (κ1) is 27.9. The van der Waals surface area contributed by atoms with Crippen LogP contribution in [0.2, 0.25) is 0 Å². The van der Waals surface area contributed by atoms with E-state index < -0.39 is 66.0 Å². The number of carbonyl (C=O) groups excluding carboxylic acids is 6. The largest absolute Gasteiger partial charge is 0.462 e. The summed E-state index contributed by atoms with van der Waals surface area (Å²) in [6, 6.07) is -1.27. The van der Waals surface area contributed by atoms with Crippen LogP contribution in [-0.4, -0.2) is 77.0 Å². The van der Waals surface area contributed by atoms with E-state index in [1.165, 1.54) is 13.8 Å². The minimum absolute atomic E-state index is 0.230. The molecule has 0 aromatic carbocycles. The lowest BCUT2D eigenvalue weighted by Crippen LogP contribution is -2.63. The fraction of sp³-hybridized carbons (Fsp3) is 0.524. The van der Waals surface area contributed by atoms with Gasteiger partial charge < -0.3 is 14.2 Å². The van der Waals surface area contributed by atoms with Crippen LogP contribution in [0.15, 0.2) is 4.79 Å². The Morgan fingerprint density at radius 3 is 2.06 bits per heavy atom. The van der Waals surface area contributed by atoms with Gasteiger partial charge in [-0.3, -0.25) is 53.7 Å². The number of fused-ring (bicyclic) bond motifs is 1. The van der Waals surface area contributed by atoms with Crippen LogP contribution in [-0.2, 0) is 43.0 Å². The first-order chi connectivity index (χ1) is 16.7. The molecule has 0 bridgehead atoms. The van der Waals surface area contributed by atoms with Gasteiger partial charge in [0.25, 0.3) is 5.56 Å². The molecular formula is C21H27N5O10. The Kier molecular flexibility index (Phi) is 8.86. The molecule has 0 fully saturated rings. The first-order valence-electron chi connectivity index (χ1n) is 10.7. The number of anilines is 3. The van der Waals surface area contributed by atoms with E-state index in [-0.39, 0.29) is 24.0 Å². The van der Waals surface area contributed by atoms with E-state index in [1.807, 2.05) is 0 Å². The molecule has 1 aliphatic heterocycles. The highest BCUT2D eigenvalue weighted by molar-refractivity contribution is 6.02. The third-order valence-electron chi connectivity index (χ3n) is 4.90. The van der Waals surface area contributed by atoms with E-state index in [2.05, 4.69) is 15.3 Å². The smallest absolute Gasteiger partial charge is 0.303 e. The molecule has 3 atom stereocenters. The zero-order chi connectivity index (χ0) is 27.3. The fourth-order valence-electron chi connectivity index (χ4n) is 3.73. The molecule has 36 heavy (non-hydrogen) atoms. The summed E-state index contributed by atoms with van der Waals surface area (Å²) in [7, 11) is 0. The number of nitrogens with one attached hydrogen (secondary N) is 2. The Morgan fingerprint density at radius 1 is 0.972 bits per heavy atom. The maximum atomic E-state index is 13.1. The molecular weight excluding hydrogens is 482 g/mol. The highest BCUT2D eigenvalue weighted by atomic mass is 16.6. The van der Waals surface area contributed by atoms with Crippen LogP contribution >= 0.6 is 0 Å². The Hall–Kier alpha value is -4.30. The topological polar surface area (TPSA) is 194 Å². The summed E-state index contributed by atoms with van der Waals surface area (Å²) in [4.78, 5) is 93.5. The van der Waals surface area contributed by atoms with Crippen LogP contribution in [0.3, 0.4) is 0 Å². The lowest BCUT2D eigenvalue weighted by atomic mass is 9.99. The number of rotatable bonds is 7. The van der Waals surface area contributed by atoms with Gasteiger partial charge in [-0.15, -0.1) is 0 Å². The lowest BCUT2D eigenvalue weighted by Gasteiger charge is -2.44. The molecule has 1 aromatic rings. The molecule has 0 saturated heterocycles. The van der Waals surface area contributed by atoms with Crippen molar-refractivity contribution in [3.8, 4) is 0 Å². The van der Waals surface area contributed by atoms with E-state index in [9.17, 15) is 33.6 Å². The van der Waals surface area contributed by atoms with Crippen molar-refractivity contribution < 1.29 is 43.0 Å². The third-order valence-corrected chi connectivity index (χ3v) is 4.90. The first-order valence-corrected chi connectivity index (χ1v) is 10.7. The molecule has 15 heteroatoms. The molecule has 3 amide bonds. The van der Waals surface area contributed by atoms with Gasteiger partial charge in [-0.1, -0.05) is 0 Å². The third kappa shape index (κ3) is 6.64. The van der Waals surface area contributed by atoms with E-state index in [0.29, 0.717) is 0 Å². The van der Waals surface area contributed by atoms with Crippen LogP contribution in [0.4, 0.5) is 17.5 Å². The number of carbonyl (C=O) groups is 6. The lowest BCUT2D eigenvalue weighted by molar-refractivity contribution is -0.174. The Labute approximate surface area is 205 Å². The standard InChI is InChI=1S/C21H27N5O10/c1-9(27)22-21-23-19-17(20(33)24-21)26(11(3)29)15(7-25(19)10(2)28)18(36-14(6)32)16(35-13(5)31)8-34-12(4)30/h15-16,18H,7-8H2,1-6H3,(H2,22,23,24,27,33)/t15-,16-,18-/m1/s1. The van der Waals surface area contributed by atoms with E-state index >= 15 is 0 Å². The summed E-state index contributed by atoms with van der Waals surface area (Å²) in [5.41, 5.74) is -1.25. The number of hydrogen-bond donors (Lipinski definition) is 2. The van der Waals surface area contributed by atoms with Gasteiger partial charge in [0.15, 0.2) is 23.7 Å². The maximum absolute atomic E-state index is 13.1. The second-order valence-corrected chi connectivity index (χ2v) is 7.88. The number of nitrogens with zero attached hydrogens (tertiary/aromatic N) is 3. The van der Waals surface area contributed by atoms with Crippen LogP contribution in [0.1, 0.15) is 41.5 Å². The van der Waals surface area contributed by atoms with Crippen LogP contribution in [0.5, 0.6) is 0 Å². The molecule has 196 valence electrons. The zero-order valence-corrected chi connectivity index (χ0v) is 20.6. The predicted octanol–water partition coefficient (Wildman–Crippen LogP) is -0.757. The molecule has 2 rings (SSSR count). The molecule has 0 radical (unpaired) electrons. The molecule has 1 aliphatic rings. The number of amides is 3. The number of hydrogen-bond acceptors (Lipinski definition) is 11. The molecule has 15 nitrogen and oxygen atoms in total. The van der Waals surface area contributed by atoms with Gasteiger partial charge in [-0.25, -0.2) is 0 Å². The van der Waals surface area contributed by atoms with Crippen LogP contribution in [0.25, 0.3) is 0 Å². The molecule has 1 aromatic heterocycles. The van der Waals surface area contributed by atoms with Crippen molar-refractivity contribution in [1.82, 2.24) is 9.97 Å². The minimum Gasteiger partial charge on any atom is -0.462 e. The number of esters is 3. The van der Waals surface area contributed by atoms with Gasteiger partial charge in [-0.05, 0) is 0 Å². The Bertz CT molecular complexity index is 1150. The van der Waals surface area contributed by atoms with Crippen molar-refractivity contribution in [1.29, 1.82) is 0 Å². The van der Waals surface area contributed by atoms with Crippen molar-refractivity contribution in [3.63, 3.8) is 0 Å². The van der Waals surface area contributed by atoms with E-state index in [1.54, 1.807) is 0 Å². The Balaban J connectivity index is 2.74. The zero-order valence-electron chi connectivity index (χ0n) is 20.6. The number of H-pyrrole nitrogens is 1. The monoisotopic (exact) mass is 509 g/mol. The molecule has 0 aliphatic carbocycles. The maximum Gasteiger partial charge on any atom is 0.303 e. The Morgan fingerprint density at radius 2 is 1.58 bits per heavy atom. The summed E-state index contributed by atoms with van der Waals surface area (Å²) in [6.07, 6.45) is -2.87. The fourth-order valence-corrected chi connectivity index (χ4v) is 3.73. The van der Waals surface area contributed by atoms with Crippen LogP contribution in [0, 0.1) is 0 Å². The predicted molar refractivity (Wildman–Crippen MR) is 122 cm³/mol.